The topological polar surface area (TPSA) is 103 Å². The Morgan fingerprint density at radius 1 is 1.06 bits per heavy atom. The van der Waals surface area contributed by atoms with Gasteiger partial charge in [-0.15, -0.1) is 0 Å². The van der Waals surface area contributed by atoms with E-state index in [1.165, 1.54) is 6.42 Å². The smallest absolute Gasteiger partial charge is 0.408 e. The molecule has 7 heteroatoms. The van der Waals surface area contributed by atoms with E-state index in [1.54, 1.807) is 6.92 Å². The van der Waals surface area contributed by atoms with Gasteiger partial charge in [-0.1, -0.05) is 31.0 Å². The van der Waals surface area contributed by atoms with Gasteiger partial charge in [-0.3, -0.25) is 4.79 Å². The summed E-state index contributed by atoms with van der Waals surface area (Å²) in [4.78, 5) is 30.3. The lowest BCUT2D eigenvalue weighted by molar-refractivity contribution is -0.129. The van der Waals surface area contributed by atoms with E-state index < -0.39 is 17.7 Å². The number of hydrogen-bond acceptors (Lipinski definition) is 4. The highest BCUT2D eigenvalue weighted by Crippen LogP contribution is 2.54. The lowest BCUT2D eigenvalue weighted by atomic mass is 9.55. The van der Waals surface area contributed by atoms with Crippen molar-refractivity contribution in [2.45, 2.75) is 94.9 Å². The molecule has 2 aromatic rings. The molecule has 2 amide bonds. The van der Waals surface area contributed by atoms with Crippen molar-refractivity contribution in [1.82, 2.24) is 15.6 Å². The van der Waals surface area contributed by atoms with Gasteiger partial charge in [0.05, 0.1) is 12.1 Å². The maximum absolute atomic E-state index is 13.7. The second-order valence-electron chi connectivity index (χ2n) is 12.2. The first-order valence-electron chi connectivity index (χ1n) is 13.9. The Morgan fingerprint density at radius 2 is 1.75 bits per heavy atom. The molecule has 0 saturated heterocycles. The summed E-state index contributed by atoms with van der Waals surface area (Å²) in [5, 5.41) is 17.5. The van der Waals surface area contributed by atoms with Crippen LogP contribution in [-0.2, 0) is 16.0 Å². The molecule has 1 aromatic heterocycles. The number of carbonyl (C=O) groups excluding carboxylic acids is 2. The van der Waals surface area contributed by atoms with E-state index >= 15 is 0 Å². The summed E-state index contributed by atoms with van der Waals surface area (Å²) in [5.74, 6) is 2.24. The number of para-hydroxylation sites is 1. The zero-order valence-electron chi connectivity index (χ0n) is 21.2. The zero-order chi connectivity index (χ0) is 24.9. The van der Waals surface area contributed by atoms with Crippen molar-refractivity contribution in [3.05, 3.63) is 36.0 Å². The largest absolute Gasteiger partial charge is 0.446 e. The van der Waals surface area contributed by atoms with E-state index in [0.717, 1.165) is 73.2 Å². The van der Waals surface area contributed by atoms with Crippen molar-refractivity contribution in [3.8, 4) is 0 Å². The molecule has 36 heavy (non-hydrogen) atoms. The molecule has 194 valence electrons. The summed E-state index contributed by atoms with van der Waals surface area (Å²) >= 11 is 0. The maximum Gasteiger partial charge on any atom is 0.408 e. The maximum atomic E-state index is 13.7. The van der Waals surface area contributed by atoms with E-state index in [9.17, 15) is 14.7 Å². The highest BCUT2D eigenvalue weighted by Gasteiger charge is 2.50. The first-order chi connectivity index (χ1) is 17.4. The van der Waals surface area contributed by atoms with Crippen LogP contribution in [0.15, 0.2) is 30.5 Å². The Bertz CT molecular complexity index is 1100. The van der Waals surface area contributed by atoms with Crippen LogP contribution in [0.2, 0.25) is 0 Å². The minimum absolute atomic E-state index is 0.0432. The van der Waals surface area contributed by atoms with Crippen LogP contribution in [0.1, 0.15) is 70.3 Å². The van der Waals surface area contributed by atoms with Gasteiger partial charge in [-0.25, -0.2) is 4.79 Å². The quantitative estimate of drug-likeness (QED) is 0.478. The fraction of sp³-hybridized carbons (Fsp3) is 0.655. The lowest BCUT2D eigenvalue weighted by Gasteiger charge is -2.53. The second kappa shape index (κ2) is 9.40. The van der Waals surface area contributed by atoms with Gasteiger partial charge in [0.1, 0.15) is 11.6 Å². The van der Waals surface area contributed by atoms with Gasteiger partial charge in [0.15, 0.2) is 0 Å². The lowest BCUT2D eigenvalue weighted by Crippen LogP contribution is -2.62. The standard InChI is InChI=1S/C29H39N3O4/c1-29(27(34)31-24-8-4-5-9-25(24)33,15-21-16-30-23-7-3-2-6-22(21)23)32-28(35)36-26-19-11-17-10-18(13-19)14-20(26)12-17/h2-3,6-7,16-20,24-26,30,33H,4-5,8-15H2,1H3,(H,31,34)(H,32,35)/t17?,18?,19?,20?,24-,25-,26?,29?/m0/s1. The minimum atomic E-state index is -1.22. The highest BCUT2D eigenvalue weighted by molar-refractivity contribution is 5.91. The molecule has 5 saturated carbocycles. The molecular weight excluding hydrogens is 454 g/mol. The summed E-state index contributed by atoms with van der Waals surface area (Å²) in [5.41, 5.74) is 0.738. The second-order valence-corrected chi connectivity index (χ2v) is 12.2. The molecule has 0 radical (unpaired) electrons. The molecule has 1 unspecified atom stereocenters. The molecular formula is C29H39N3O4. The van der Waals surface area contributed by atoms with Crippen LogP contribution in [0, 0.1) is 23.7 Å². The molecule has 0 aliphatic heterocycles. The van der Waals surface area contributed by atoms with Crippen molar-refractivity contribution in [2.24, 2.45) is 23.7 Å². The first kappa shape index (κ1) is 23.8. The number of fused-ring (bicyclic) bond motifs is 1. The number of nitrogens with one attached hydrogen (secondary N) is 3. The molecule has 5 fully saturated rings. The zero-order valence-corrected chi connectivity index (χ0v) is 21.2. The molecule has 0 spiro atoms. The molecule has 4 N–H and O–H groups in total. The Balaban J connectivity index is 1.21. The Kier molecular flexibility index (Phi) is 6.22. The van der Waals surface area contributed by atoms with Gasteiger partial charge in [0.2, 0.25) is 5.91 Å². The molecule has 3 atom stereocenters. The molecule has 1 heterocycles. The summed E-state index contributed by atoms with van der Waals surface area (Å²) in [6.45, 7) is 1.78. The first-order valence-corrected chi connectivity index (χ1v) is 13.9. The molecule has 1 aromatic carbocycles. The van der Waals surface area contributed by atoms with Crippen molar-refractivity contribution in [2.75, 3.05) is 0 Å². The molecule has 7 rings (SSSR count). The number of amides is 2. The van der Waals surface area contributed by atoms with Crippen LogP contribution in [0.4, 0.5) is 4.79 Å². The SMILES string of the molecule is CC(Cc1c[nH]c2ccccc12)(NC(=O)OC1C2CC3CC(C2)CC1C3)C(=O)N[C@H]1CCCC[C@@H]1O. The van der Waals surface area contributed by atoms with Crippen LogP contribution in [-0.4, -0.2) is 45.9 Å². The fourth-order valence-electron chi connectivity index (χ4n) is 7.89. The van der Waals surface area contributed by atoms with Crippen LogP contribution in [0.3, 0.4) is 0 Å². The summed E-state index contributed by atoms with van der Waals surface area (Å²) in [6, 6.07) is 7.68. The summed E-state index contributed by atoms with van der Waals surface area (Å²) in [7, 11) is 0. The van der Waals surface area contributed by atoms with Gasteiger partial charge in [-0.05, 0) is 87.2 Å². The van der Waals surface area contributed by atoms with E-state index in [4.69, 9.17) is 4.74 Å². The van der Waals surface area contributed by atoms with Crippen molar-refractivity contribution < 1.29 is 19.4 Å². The average molecular weight is 494 g/mol. The van der Waals surface area contributed by atoms with Gasteiger partial charge in [-0.2, -0.15) is 0 Å². The summed E-state index contributed by atoms with van der Waals surface area (Å²) < 4.78 is 6.10. The highest BCUT2D eigenvalue weighted by atomic mass is 16.6. The number of aromatic nitrogens is 1. The predicted octanol–water partition coefficient (Wildman–Crippen LogP) is 4.44. The van der Waals surface area contributed by atoms with Gasteiger partial charge in [0.25, 0.3) is 0 Å². The van der Waals surface area contributed by atoms with E-state index in [1.807, 2.05) is 30.5 Å². The van der Waals surface area contributed by atoms with Crippen LogP contribution in [0.5, 0.6) is 0 Å². The monoisotopic (exact) mass is 493 g/mol. The number of ether oxygens (including phenoxy) is 1. The minimum Gasteiger partial charge on any atom is -0.446 e. The van der Waals surface area contributed by atoms with E-state index in [-0.39, 0.29) is 18.1 Å². The van der Waals surface area contributed by atoms with Gasteiger partial charge in [0, 0.05) is 23.5 Å². The van der Waals surface area contributed by atoms with Crippen molar-refractivity contribution >= 4 is 22.9 Å². The summed E-state index contributed by atoms with van der Waals surface area (Å²) in [6.07, 6.45) is 10.5. The molecule has 5 aliphatic carbocycles. The van der Waals surface area contributed by atoms with Gasteiger partial charge >= 0.3 is 6.09 Å². The number of rotatable bonds is 6. The fourth-order valence-corrected chi connectivity index (χ4v) is 7.89. The number of aliphatic hydroxyl groups is 1. The average Bonchev–Trinajstić information content (AvgIpc) is 3.25. The Hall–Kier alpha value is -2.54. The van der Waals surface area contributed by atoms with Crippen LogP contribution in [0.25, 0.3) is 10.9 Å². The third-order valence-electron chi connectivity index (χ3n) is 9.53. The van der Waals surface area contributed by atoms with E-state index in [2.05, 4.69) is 15.6 Å². The predicted molar refractivity (Wildman–Crippen MR) is 137 cm³/mol. The van der Waals surface area contributed by atoms with Crippen molar-refractivity contribution in [3.63, 3.8) is 0 Å². The molecule has 7 nitrogen and oxygen atoms in total. The normalized spacial score (nSPS) is 34.8. The number of carbonyl (C=O) groups is 2. The number of benzene rings is 1. The van der Waals surface area contributed by atoms with Gasteiger partial charge < -0.3 is 25.5 Å². The Morgan fingerprint density at radius 3 is 2.47 bits per heavy atom. The number of aliphatic hydroxyl groups excluding tert-OH is 1. The third-order valence-corrected chi connectivity index (χ3v) is 9.53. The third kappa shape index (κ3) is 4.51. The molecule has 5 aliphatic rings. The van der Waals surface area contributed by atoms with Crippen LogP contribution < -0.4 is 10.6 Å². The van der Waals surface area contributed by atoms with E-state index in [0.29, 0.717) is 24.7 Å². The van der Waals surface area contributed by atoms with Crippen LogP contribution >= 0.6 is 0 Å². The number of hydrogen-bond donors (Lipinski definition) is 4. The van der Waals surface area contributed by atoms with Crippen molar-refractivity contribution in [1.29, 1.82) is 0 Å². The Labute approximate surface area is 212 Å². The number of aromatic amines is 1. The number of alkyl carbamates (subject to hydrolysis) is 1. The number of H-pyrrole nitrogens is 1. The molecule has 4 bridgehead atoms.